The summed E-state index contributed by atoms with van der Waals surface area (Å²) in [5, 5.41) is 8.40. The predicted octanol–water partition coefficient (Wildman–Crippen LogP) is 1.42. The van der Waals surface area contributed by atoms with Gasteiger partial charge >= 0.3 is 0 Å². The zero-order valence-electron chi connectivity index (χ0n) is 9.76. The van der Waals surface area contributed by atoms with E-state index in [0.717, 1.165) is 12.8 Å². The fraction of sp³-hybridized carbons (Fsp3) is 0.333. The summed E-state index contributed by atoms with van der Waals surface area (Å²) >= 11 is 0. The van der Waals surface area contributed by atoms with Crippen molar-refractivity contribution in [1.29, 1.82) is 5.26 Å². The molecule has 18 heavy (non-hydrogen) atoms. The van der Waals surface area contributed by atoms with Gasteiger partial charge in [0, 0.05) is 18.5 Å². The molecular formula is C12H13N3O2S. The van der Waals surface area contributed by atoms with E-state index in [0.29, 0.717) is 24.4 Å². The van der Waals surface area contributed by atoms with Crippen molar-refractivity contribution in [3.05, 3.63) is 29.8 Å². The summed E-state index contributed by atoms with van der Waals surface area (Å²) in [4.78, 5) is 4.53. The zero-order valence-corrected chi connectivity index (χ0v) is 10.6. The summed E-state index contributed by atoms with van der Waals surface area (Å²) < 4.78 is 26.0. The van der Waals surface area contributed by atoms with Gasteiger partial charge in [-0.3, -0.25) is 9.71 Å². The number of nitrogens with zero attached hydrogens (tertiary/aromatic N) is 2. The Morgan fingerprint density at radius 3 is 2.83 bits per heavy atom. The van der Waals surface area contributed by atoms with Gasteiger partial charge in [0.05, 0.1) is 11.0 Å². The summed E-state index contributed by atoms with van der Waals surface area (Å²) in [6.07, 6.45) is 2.07. The minimum absolute atomic E-state index is 0.278. The van der Waals surface area contributed by atoms with E-state index in [4.69, 9.17) is 5.26 Å². The van der Waals surface area contributed by atoms with Gasteiger partial charge < -0.3 is 0 Å². The molecule has 1 aliphatic heterocycles. The normalized spacial score (nSPS) is 18.1. The second kappa shape index (κ2) is 5.19. The Hall–Kier alpha value is -1.87. The highest BCUT2D eigenvalue weighted by Gasteiger charge is 2.29. The molecule has 0 radical (unpaired) electrons. The fourth-order valence-electron chi connectivity index (χ4n) is 1.76. The van der Waals surface area contributed by atoms with E-state index in [9.17, 15) is 8.42 Å². The van der Waals surface area contributed by atoms with Crippen LogP contribution in [0.4, 0.5) is 0 Å². The Morgan fingerprint density at radius 1 is 1.28 bits per heavy atom. The van der Waals surface area contributed by atoms with Gasteiger partial charge in [0.15, 0.2) is 0 Å². The third-order valence-electron chi connectivity index (χ3n) is 2.63. The molecule has 5 nitrogen and oxygen atoms in total. The first-order valence-corrected chi connectivity index (χ1v) is 7.17. The van der Waals surface area contributed by atoms with Crippen LogP contribution in [0.15, 0.2) is 34.2 Å². The number of benzene rings is 1. The van der Waals surface area contributed by atoms with Gasteiger partial charge in [-0.15, -0.1) is 0 Å². The lowest BCUT2D eigenvalue weighted by atomic mass is 10.2. The number of sulfonamides is 1. The van der Waals surface area contributed by atoms with Gasteiger partial charge in [0.1, 0.15) is 5.84 Å². The van der Waals surface area contributed by atoms with Crippen LogP contribution in [0.3, 0.4) is 0 Å². The third-order valence-corrected chi connectivity index (χ3v) is 4.03. The van der Waals surface area contributed by atoms with Crippen LogP contribution in [0.5, 0.6) is 0 Å². The van der Waals surface area contributed by atoms with E-state index in [2.05, 4.69) is 15.8 Å². The molecule has 0 atom stereocenters. The smallest absolute Gasteiger partial charge is 0.263 e. The zero-order chi connectivity index (χ0) is 13.0. The summed E-state index contributed by atoms with van der Waals surface area (Å²) in [5.41, 5.74) is 0.623. The Balaban J connectivity index is 2.13. The molecule has 1 aromatic rings. The molecule has 1 heterocycles. The summed E-state index contributed by atoms with van der Waals surface area (Å²) in [7, 11) is -3.44. The molecule has 1 N–H and O–H groups in total. The van der Waals surface area contributed by atoms with E-state index in [1.807, 2.05) is 0 Å². The molecule has 1 aliphatic rings. The van der Waals surface area contributed by atoms with Crippen LogP contribution in [0, 0.1) is 11.3 Å². The lowest BCUT2D eigenvalue weighted by Gasteiger charge is -1.98. The van der Waals surface area contributed by atoms with Crippen LogP contribution in [-0.4, -0.2) is 20.8 Å². The van der Waals surface area contributed by atoms with Crippen molar-refractivity contribution in [2.75, 3.05) is 6.54 Å². The third kappa shape index (κ3) is 2.51. The Morgan fingerprint density at radius 2 is 2.06 bits per heavy atom. The van der Waals surface area contributed by atoms with E-state index in [-0.39, 0.29) is 4.90 Å². The molecule has 2 rings (SSSR count). The Kier molecular flexibility index (Phi) is 3.63. The Labute approximate surface area is 106 Å². The van der Waals surface area contributed by atoms with Crippen LogP contribution in [-0.2, 0) is 10.0 Å². The number of aliphatic imine (C=N–C) groups is 1. The second-order valence-corrected chi connectivity index (χ2v) is 5.60. The molecular weight excluding hydrogens is 250 g/mol. The van der Waals surface area contributed by atoms with Crippen molar-refractivity contribution in [2.24, 2.45) is 4.99 Å². The first kappa shape index (κ1) is 12.6. The van der Waals surface area contributed by atoms with Gasteiger partial charge in [-0.25, -0.2) is 8.42 Å². The van der Waals surface area contributed by atoms with E-state index >= 15 is 0 Å². The Bertz CT molecular complexity index is 614. The fourth-order valence-corrected chi connectivity index (χ4v) is 3.01. The number of unbranched alkanes of at least 4 members (excludes halogenated alkanes) is 2. The second-order valence-electron chi connectivity index (χ2n) is 3.95. The molecule has 0 saturated carbocycles. The first-order valence-electron chi connectivity index (χ1n) is 5.69. The highest BCUT2D eigenvalue weighted by atomic mass is 32.2. The van der Waals surface area contributed by atoms with Gasteiger partial charge in [0.2, 0.25) is 0 Å². The van der Waals surface area contributed by atoms with Crippen LogP contribution in [0.1, 0.15) is 24.8 Å². The minimum atomic E-state index is -3.44. The highest BCUT2D eigenvalue weighted by molar-refractivity contribution is 7.90. The quantitative estimate of drug-likeness (QED) is 0.834. The van der Waals surface area contributed by atoms with Gasteiger partial charge in [-0.1, -0.05) is 12.1 Å². The average molecular weight is 263 g/mol. The van der Waals surface area contributed by atoms with E-state index < -0.39 is 10.0 Å². The van der Waals surface area contributed by atoms with Crippen LogP contribution < -0.4 is 4.72 Å². The molecule has 0 aliphatic carbocycles. The molecule has 0 spiro atoms. The lowest BCUT2D eigenvalue weighted by Crippen LogP contribution is -2.22. The maximum Gasteiger partial charge on any atom is 0.263 e. The summed E-state index contributed by atoms with van der Waals surface area (Å²) in [5.74, 6) is 0.405. The molecule has 94 valence electrons. The monoisotopic (exact) mass is 263 g/mol. The first-order chi connectivity index (χ1) is 8.65. The van der Waals surface area contributed by atoms with Gasteiger partial charge in [-0.2, -0.15) is 5.26 Å². The molecule has 0 aromatic heterocycles. The topological polar surface area (TPSA) is 82.3 Å². The number of hydrogen-bond donors (Lipinski definition) is 1. The van der Waals surface area contributed by atoms with Crippen LogP contribution in [0.25, 0.3) is 0 Å². The molecule has 6 heteroatoms. The molecule has 0 fully saturated rings. The molecule has 0 saturated heterocycles. The standard InChI is InChI=1S/C12H13N3O2S/c13-8-4-1-5-9-14-12-10-6-2-3-7-11(10)18(16,17)15-12/h2-3,6-7H,1,4-5,9H2,(H,14,15). The molecule has 1 aromatic carbocycles. The van der Waals surface area contributed by atoms with Crippen molar-refractivity contribution in [2.45, 2.75) is 24.2 Å². The minimum Gasteiger partial charge on any atom is -0.267 e. The van der Waals surface area contributed by atoms with Crippen molar-refractivity contribution in [3.8, 4) is 6.07 Å². The number of amidine groups is 1. The number of nitrogens with one attached hydrogen (secondary N) is 1. The van der Waals surface area contributed by atoms with Crippen molar-refractivity contribution in [1.82, 2.24) is 4.72 Å². The lowest BCUT2D eigenvalue weighted by molar-refractivity contribution is 0.595. The van der Waals surface area contributed by atoms with Gasteiger partial charge in [0.25, 0.3) is 10.0 Å². The van der Waals surface area contributed by atoms with Crippen molar-refractivity contribution in [3.63, 3.8) is 0 Å². The maximum absolute atomic E-state index is 11.8. The molecule has 0 unspecified atom stereocenters. The number of rotatable bonds is 4. The van der Waals surface area contributed by atoms with Gasteiger partial charge in [-0.05, 0) is 25.0 Å². The predicted molar refractivity (Wildman–Crippen MR) is 67.6 cm³/mol. The highest BCUT2D eigenvalue weighted by Crippen LogP contribution is 2.22. The largest absolute Gasteiger partial charge is 0.267 e. The molecule has 0 amide bonds. The maximum atomic E-state index is 11.8. The van der Waals surface area contributed by atoms with Crippen molar-refractivity contribution >= 4 is 15.9 Å². The van der Waals surface area contributed by atoms with Crippen molar-refractivity contribution < 1.29 is 8.42 Å². The van der Waals surface area contributed by atoms with E-state index in [1.165, 1.54) is 0 Å². The molecule has 0 bridgehead atoms. The number of hydrogen-bond acceptors (Lipinski definition) is 4. The SMILES string of the molecule is N#CCCCCN=C1NS(=O)(=O)c2ccccc21. The summed E-state index contributed by atoms with van der Waals surface area (Å²) in [6.45, 7) is 0.522. The number of fused-ring (bicyclic) bond motifs is 1. The number of nitriles is 1. The summed E-state index contributed by atoms with van der Waals surface area (Å²) in [6, 6.07) is 8.84. The van der Waals surface area contributed by atoms with E-state index in [1.54, 1.807) is 24.3 Å². The van der Waals surface area contributed by atoms with Crippen LogP contribution in [0.2, 0.25) is 0 Å². The van der Waals surface area contributed by atoms with Crippen LogP contribution >= 0.6 is 0 Å². The average Bonchev–Trinajstić information content (AvgIpc) is 2.62.